The zero-order chi connectivity index (χ0) is 14.9. The van der Waals surface area contributed by atoms with Gasteiger partial charge in [0.05, 0.1) is 18.8 Å². The lowest BCUT2D eigenvalue weighted by Crippen LogP contribution is -2.40. The number of carboxylic acid groups (broad SMARTS) is 1. The number of benzene rings is 1. The standard InChI is InChI=1S/C13H14FNO5/c1-20-8-2-3-9(10(14)5-8)12(17)15-6-7(16)4-11(15)13(18)19/h2-3,5,7,11,16H,4,6H2,1H3,(H,18,19)/t7-,11-/m1/s1. The van der Waals surface area contributed by atoms with E-state index in [2.05, 4.69) is 0 Å². The molecule has 0 radical (unpaired) electrons. The van der Waals surface area contributed by atoms with Gasteiger partial charge in [0, 0.05) is 19.0 Å². The Morgan fingerprint density at radius 1 is 1.45 bits per heavy atom. The van der Waals surface area contributed by atoms with E-state index >= 15 is 0 Å². The maximum Gasteiger partial charge on any atom is 0.326 e. The third-order valence-electron chi connectivity index (χ3n) is 3.23. The van der Waals surface area contributed by atoms with Crippen molar-refractivity contribution in [3.63, 3.8) is 0 Å². The Morgan fingerprint density at radius 3 is 2.70 bits per heavy atom. The molecule has 2 atom stereocenters. The molecule has 0 aromatic heterocycles. The van der Waals surface area contributed by atoms with Gasteiger partial charge in [0.2, 0.25) is 0 Å². The summed E-state index contributed by atoms with van der Waals surface area (Å²) in [6.45, 7) is -0.124. The predicted molar refractivity (Wildman–Crippen MR) is 66.0 cm³/mol. The smallest absolute Gasteiger partial charge is 0.326 e. The highest BCUT2D eigenvalue weighted by Crippen LogP contribution is 2.23. The molecule has 0 saturated carbocycles. The molecule has 6 nitrogen and oxygen atoms in total. The van der Waals surface area contributed by atoms with E-state index in [1.807, 2.05) is 0 Å². The van der Waals surface area contributed by atoms with Crippen LogP contribution in [0.15, 0.2) is 18.2 Å². The maximum absolute atomic E-state index is 13.8. The third-order valence-corrected chi connectivity index (χ3v) is 3.23. The number of hydrogen-bond donors (Lipinski definition) is 2. The summed E-state index contributed by atoms with van der Waals surface area (Å²) in [5, 5.41) is 18.5. The van der Waals surface area contributed by atoms with Gasteiger partial charge in [-0.05, 0) is 12.1 Å². The van der Waals surface area contributed by atoms with E-state index < -0.39 is 29.8 Å². The molecule has 1 aliphatic rings. The Balaban J connectivity index is 2.29. The van der Waals surface area contributed by atoms with Crippen molar-refractivity contribution >= 4 is 11.9 Å². The number of methoxy groups -OCH3 is 1. The van der Waals surface area contributed by atoms with Gasteiger partial charge in [0.1, 0.15) is 17.6 Å². The van der Waals surface area contributed by atoms with Gasteiger partial charge in [-0.15, -0.1) is 0 Å². The summed E-state index contributed by atoms with van der Waals surface area (Å²) in [5.41, 5.74) is -0.244. The molecule has 1 saturated heterocycles. The fourth-order valence-electron chi connectivity index (χ4n) is 2.22. The maximum atomic E-state index is 13.8. The lowest BCUT2D eigenvalue weighted by molar-refractivity contribution is -0.141. The van der Waals surface area contributed by atoms with Gasteiger partial charge in [-0.25, -0.2) is 9.18 Å². The first kappa shape index (κ1) is 14.3. The number of amides is 1. The topological polar surface area (TPSA) is 87.1 Å². The lowest BCUT2D eigenvalue weighted by atomic mass is 10.1. The molecule has 0 unspecified atom stereocenters. The number of carbonyl (C=O) groups is 2. The van der Waals surface area contributed by atoms with Crippen molar-refractivity contribution in [2.45, 2.75) is 18.6 Å². The number of carboxylic acids is 1. The van der Waals surface area contributed by atoms with Crippen LogP contribution in [0.5, 0.6) is 5.75 Å². The van der Waals surface area contributed by atoms with Crippen molar-refractivity contribution in [3.8, 4) is 5.75 Å². The van der Waals surface area contributed by atoms with Crippen LogP contribution < -0.4 is 4.74 Å². The van der Waals surface area contributed by atoms with Crippen LogP contribution in [-0.2, 0) is 4.79 Å². The molecular formula is C13H14FNO5. The Hall–Kier alpha value is -2.15. The molecule has 1 aromatic carbocycles. The minimum absolute atomic E-state index is 0.0567. The Morgan fingerprint density at radius 2 is 2.15 bits per heavy atom. The van der Waals surface area contributed by atoms with Crippen LogP contribution in [0.2, 0.25) is 0 Å². The number of likely N-dealkylation sites (tertiary alicyclic amines) is 1. The van der Waals surface area contributed by atoms with Crippen LogP contribution in [0.3, 0.4) is 0 Å². The number of halogens is 1. The molecule has 1 amide bonds. The van der Waals surface area contributed by atoms with Crippen LogP contribution in [0.1, 0.15) is 16.8 Å². The van der Waals surface area contributed by atoms with Crippen LogP contribution in [0.4, 0.5) is 4.39 Å². The first-order chi connectivity index (χ1) is 9.43. The van der Waals surface area contributed by atoms with E-state index in [0.29, 0.717) is 0 Å². The van der Waals surface area contributed by atoms with Gasteiger partial charge < -0.3 is 19.8 Å². The Kier molecular flexibility index (Phi) is 3.89. The number of carbonyl (C=O) groups excluding carboxylic acids is 1. The summed E-state index contributed by atoms with van der Waals surface area (Å²) in [7, 11) is 1.37. The van der Waals surface area contributed by atoms with Gasteiger partial charge in [-0.2, -0.15) is 0 Å². The van der Waals surface area contributed by atoms with Gasteiger partial charge in [-0.1, -0.05) is 0 Å². The average Bonchev–Trinajstić information content (AvgIpc) is 2.80. The number of hydrogen-bond acceptors (Lipinski definition) is 4. The molecule has 2 N–H and O–H groups in total. The quantitative estimate of drug-likeness (QED) is 0.843. The van der Waals surface area contributed by atoms with Crippen LogP contribution in [-0.4, -0.2) is 52.8 Å². The summed E-state index contributed by atoms with van der Waals surface area (Å²) >= 11 is 0. The van der Waals surface area contributed by atoms with Crippen LogP contribution in [0, 0.1) is 5.82 Å². The molecule has 1 aliphatic heterocycles. The van der Waals surface area contributed by atoms with Gasteiger partial charge in [0.15, 0.2) is 0 Å². The van der Waals surface area contributed by atoms with Crippen molar-refractivity contribution in [2.24, 2.45) is 0 Å². The van der Waals surface area contributed by atoms with Crippen LogP contribution in [0.25, 0.3) is 0 Å². The molecule has 7 heteroatoms. The van der Waals surface area contributed by atoms with E-state index in [4.69, 9.17) is 9.84 Å². The van der Waals surface area contributed by atoms with Crippen molar-refractivity contribution in [3.05, 3.63) is 29.6 Å². The minimum atomic E-state index is -1.22. The molecular weight excluding hydrogens is 269 g/mol. The fourth-order valence-corrected chi connectivity index (χ4v) is 2.22. The first-order valence-corrected chi connectivity index (χ1v) is 5.99. The molecule has 1 aromatic rings. The fraction of sp³-hybridized carbons (Fsp3) is 0.385. The van der Waals surface area contributed by atoms with E-state index in [1.54, 1.807) is 0 Å². The second-order valence-electron chi connectivity index (χ2n) is 4.55. The lowest BCUT2D eigenvalue weighted by Gasteiger charge is -2.21. The zero-order valence-corrected chi connectivity index (χ0v) is 10.7. The molecule has 1 fully saturated rings. The van der Waals surface area contributed by atoms with Gasteiger partial charge in [0.25, 0.3) is 5.91 Å². The van der Waals surface area contributed by atoms with E-state index in [-0.39, 0.29) is 24.3 Å². The molecule has 0 aliphatic carbocycles. The highest BCUT2D eigenvalue weighted by atomic mass is 19.1. The average molecular weight is 283 g/mol. The summed E-state index contributed by atoms with van der Waals surface area (Å²) in [5.74, 6) is -2.51. The predicted octanol–water partition coefficient (Wildman–Crippen LogP) is 0.494. The minimum Gasteiger partial charge on any atom is -0.497 e. The van der Waals surface area contributed by atoms with Gasteiger partial charge in [-0.3, -0.25) is 4.79 Å². The molecule has 1 heterocycles. The number of ether oxygens (including phenoxy) is 1. The number of rotatable bonds is 3. The number of aliphatic hydroxyl groups excluding tert-OH is 1. The molecule has 0 bridgehead atoms. The second-order valence-corrected chi connectivity index (χ2v) is 4.55. The number of aliphatic hydroxyl groups is 1. The summed E-state index contributed by atoms with van der Waals surface area (Å²) in [6, 6.07) is 2.56. The zero-order valence-electron chi connectivity index (χ0n) is 10.7. The van der Waals surface area contributed by atoms with Crippen molar-refractivity contribution in [1.82, 2.24) is 4.90 Å². The Labute approximate surface area is 114 Å². The monoisotopic (exact) mass is 283 g/mol. The number of aliphatic carboxylic acids is 1. The van der Waals surface area contributed by atoms with E-state index in [9.17, 15) is 19.1 Å². The highest BCUT2D eigenvalue weighted by molar-refractivity contribution is 5.97. The van der Waals surface area contributed by atoms with Crippen molar-refractivity contribution in [1.29, 1.82) is 0 Å². The largest absolute Gasteiger partial charge is 0.497 e. The van der Waals surface area contributed by atoms with Crippen molar-refractivity contribution in [2.75, 3.05) is 13.7 Å². The van der Waals surface area contributed by atoms with E-state index in [0.717, 1.165) is 11.0 Å². The van der Waals surface area contributed by atoms with Crippen LogP contribution >= 0.6 is 0 Å². The van der Waals surface area contributed by atoms with Crippen molar-refractivity contribution < 1.29 is 28.9 Å². The molecule has 108 valence electrons. The first-order valence-electron chi connectivity index (χ1n) is 5.99. The molecule has 2 rings (SSSR count). The molecule has 0 spiro atoms. The summed E-state index contributed by atoms with van der Waals surface area (Å²) in [6.07, 6.45) is -0.972. The second kappa shape index (κ2) is 5.46. The van der Waals surface area contributed by atoms with E-state index in [1.165, 1.54) is 19.2 Å². The van der Waals surface area contributed by atoms with Gasteiger partial charge >= 0.3 is 5.97 Å². The SMILES string of the molecule is COc1ccc(C(=O)N2C[C@H](O)C[C@@H]2C(=O)O)c(F)c1. The Bertz CT molecular complexity index is 548. The number of β-amino-alcohol motifs (C(OH)–C–C–N with tert-alkyl or cyclic N) is 1. The normalized spacial score (nSPS) is 21.9. The summed E-state index contributed by atoms with van der Waals surface area (Å²) in [4.78, 5) is 24.2. The number of nitrogens with zero attached hydrogens (tertiary/aromatic N) is 1. The summed E-state index contributed by atoms with van der Waals surface area (Å²) < 4.78 is 18.7. The molecule has 20 heavy (non-hydrogen) atoms. The highest BCUT2D eigenvalue weighted by Gasteiger charge is 2.39. The third kappa shape index (κ3) is 2.57.